The number of piperazine rings is 1. The van der Waals surface area contributed by atoms with E-state index in [-0.39, 0.29) is 11.8 Å². The molecule has 1 aromatic carbocycles. The summed E-state index contributed by atoms with van der Waals surface area (Å²) in [4.78, 5) is 28.2. The Kier molecular flexibility index (Phi) is 7.28. The number of allylic oxidation sites excluding steroid dienone is 1. The number of likely N-dealkylation sites (N-methyl/N-ethyl adjacent to an activating group) is 2. The van der Waals surface area contributed by atoms with E-state index in [4.69, 9.17) is 4.74 Å². The lowest BCUT2D eigenvalue weighted by molar-refractivity contribution is -0.156. The first-order valence-corrected chi connectivity index (χ1v) is 11.3. The molecule has 0 spiro atoms. The monoisotopic (exact) mass is 408 g/mol. The summed E-state index contributed by atoms with van der Waals surface area (Å²) in [6.07, 6.45) is 6.21. The van der Waals surface area contributed by atoms with E-state index in [1.54, 1.807) is 23.9 Å². The topological polar surface area (TPSA) is 49.9 Å². The molecule has 1 aromatic rings. The van der Waals surface area contributed by atoms with Gasteiger partial charge in [-0.05, 0) is 50.1 Å². The van der Waals surface area contributed by atoms with Crippen LogP contribution in [0.15, 0.2) is 35.9 Å². The van der Waals surface area contributed by atoms with Gasteiger partial charge in [-0.15, -0.1) is 23.5 Å². The van der Waals surface area contributed by atoms with E-state index in [1.165, 1.54) is 29.1 Å². The first-order chi connectivity index (χ1) is 12.8. The lowest BCUT2D eigenvalue weighted by atomic mass is 10.0. The highest BCUT2D eigenvalue weighted by Gasteiger charge is 2.53. The summed E-state index contributed by atoms with van der Waals surface area (Å²) in [6, 6.07) is 7.74. The third kappa shape index (κ3) is 4.46. The van der Waals surface area contributed by atoms with Crippen molar-refractivity contribution >= 4 is 35.3 Å². The molecule has 27 heavy (non-hydrogen) atoms. The van der Waals surface area contributed by atoms with E-state index in [0.29, 0.717) is 13.0 Å². The van der Waals surface area contributed by atoms with Gasteiger partial charge in [-0.1, -0.05) is 17.7 Å². The van der Waals surface area contributed by atoms with Crippen LogP contribution in [0.5, 0.6) is 5.75 Å². The average molecular weight is 409 g/mol. The minimum absolute atomic E-state index is 0.0411. The quantitative estimate of drug-likeness (QED) is 0.648. The maximum absolute atomic E-state index is 13.1. The molecule has 0 saturated carbocycles. The van der Waals surface area contributed by atoms with Crippen LogP contribution in [0, 0.1) is 0 Å². The summed E-state index contributed by atoms with van der Waals surface area (Å²) >= 11 is 2.79. The fourth-order valence-electron chi connectivity index (χ4n) is 3.07. The molecular formula is C20H28N2O3S2. The zero-order chi connectivity index (χ0) is 20.2. The van der Waals surface area contributed by atoms with E-state index in [2.05, 4.69) is 0 Å². The minimum atomic E-state index is -0.928. The standard InChI is InChI=1S/C20H28N2O3S2/c1-14(2)11-12-25-16-9-7-15(8-10-16)13-20(27-6)19(24)21(3)18(26-5)17(23)22(20)4/h7-11,18H,12-13H2,1-6H3/t18-,20-/m1/s1. The van der Waals surface area contributed by atoms with Crippen molar-refractivity contribution in [2.24, 2.45) is 0 Å². The molecule has 0 aliphatic carbocycles. The van der Waals surface area contributed by atoms with Crippen LogP contribution in [0.2, 0.25) is 0 Å². The number of carbonyl (C=O) groups excluding carboxylic acids is 2. The average Bonchev–Trinajstić information content (AvgIpc) is 2.65. The van der Waals surface area contributed by atoms with Gasteiger partial charge in [-0.3, -0.25) is 9.59 Å². The molecule has 148 valence electrons. The maximum Gasteiger partial charge on any atom is 0.260 e. The van der Waals surface area contributed by atoms with Crippen molar-refractivity contribution in [1.29, 1.82) is 0 Å². The lowest BCUT2D eigenvalue weighted by Crippen LogP contribution is -2.68. The first kappa shape index (κ1) is 21.7. The molecule has 0 bridgehead atoms. The molecule has 2 amide bonds. The number of carbonyl (C=O) groups is 2. The summed E-state index contributed by atoms with van der Waals surface area (Å²) in [5, 5.41) is -0.464. The third-order valence-electron chi connectivity index (χ3n) is 4.76. The smallest absolute Gasteiger partial charge is 0.260 e. The normalized spacial score (nSPS) is 22.8. The van der Waals surface area contributed by atoms with E-state index in [1.807, 2.05) is 56.7 Å². The second kappa shape index (κ2) is 9.06. The summed E-state index contributed by atoms with van der Waals surface area (Å²) < 4.78 is 5.69. The summed E-state index contributed by atoms with van der Waals surface area (Å²) in [5.74, 6) is 0.703. The summed E-state index contributed by atoms with van der Waals surface area (Å²) in [5.41, 5.74) is 2.20. The largest absolute Gasteiger partial charge is 0.490 e. The van der Waals surface area contributed by atoms with E-state index in [0.717, 1.165) is 11.3 Å². The van der Waals surface area contributed by atoms with Gasteiger partial charge >= 0.3 is 0 Å². The fourth-order valence-corrected chi connectivity index (χ4v) is 4.83. The summed E-state index contributed by atoms with van der Waals surface area (Å²) in [7, 11) is 3.43. The number of nitrogens with zero attached hydrogens (tertiary/aromatic N) is 2. The van der Waals surface area contributed by atoms with Gasteiger partial charge in [0.2, 0.25) is 0 Å². The van der Waals surface area contributed by atoms with Gasteiger partial charge in [0.15, 0.2) is 10.2 Å². The molecule has 0 unspecified atom stereocenters. The van der Waals surface area contributed by atoms with Crippen LogP contribution in [0.4, 0.5) is 0 Å². The Morgan fingerprint density at radius 1 is 1.19 bits per heavy atom. The molecule has 1 heterocycles. The summed E-state index contributed by atoms with van der Waals surface area (Å²) in [6.45, 7) is 4.60. The van der Waals surface area contributed by atoms with Crippen LogP contribution >= 0.6 is 23.5 Å². The SMILES string of the molecule is CS[C@@H]1C(=O)N(C)[C@](Cc2ccc(OCC=C(C)C)cc2)(SC)C(=O)N1C. The van der Waals surface area contributed by atoms with Crippen LogP contribution < -0.4 is 4.74 Å². The molecule has 0 radical (unpaired) electrons. The first-order valence-electron chi connectivity index (χ1n) is 8.74. The molecule has 2 rings (SSSR count). The highest BCUT2D eigenvalue weighted by atomic mass is 32.2. The van der Waals surface area contributed by atoms with Crippen molar-refractivity contribution in [3.8, 4) is 5.75 Å². The van der Waals surface area contributed by atoms with Crippen molar-refractivity contribution in [2.45, 2.75) is 30.5 Å². The molecule has 1 aliphatic rings. The maximum atomic E-state index is 13.1. The van der Waals surface area contributed by atoms with E-state index >= 15 is 0 Å². The van der Waals surface area contributed by atoms with E-state index in [9.17, 15) is 9.59 Å². The number of rotatable bonds is 7. The second-order valence-electron chi connectivity index (χ2n) is 6.80. The van der Waals surface area contributed by atoms with Crippen molar-refractivity contribution < 1.29 is 14.3 Å². The van der Waals surface area contributed by atoms with Crippen LogP contribution in [-0.2, 0) is 16.0 Å². The zero-order valence-electron chi connectivity index (χ0n) is 16.8. The van der Waals surface area contributed by atoms with Crippen molar-refractivity contribution in [3.05, 3.63) is 41.5 Å². The van der Waals surface area contributed by atoms with Crippen LogP contribution in [0.25, 0.3) is 0 Å². The van der Waals surface area contributed by atoms with Crippen LogP contribution in [-0.4, -0.2) is 65.1 Å². The molecule has 0 N–H and O–H groups in total. The van der Waals surface area contributed by atoms with Gasteiger partial charge in [-0.25, -0.2) is 0 Å². The molecular weight excluding hydrogens is 380 g/mol. The molecule has 1 saturated heterocycles. The Balaban J connectivity index is 2.21. The zero-order valence-corrected chi connectivity index (χ0v) is 18.4. The van der Waals surface area contributed by atoms with Crippen molar-refractivity contribution in [2.75, 3.05) is 33.2 Å². The Hall–Kier alpha value is -1.60. The minimum Gasteiger partial charge on any atom is -0.490 e. The Morgan fingerprint density at radius 3 is 2.33 bits per heavy atom. The van der Waals surface area contributed by atoms with Gasteiger partial charge in [0.25, 0.3) is 11.8 Å². The van der Waals surface area contributed by atoms with Gasteiger partial charge in [0, 0.05) is 20.5 Å². The number of benzene rings is 1. The predicted molar refractivity (Wildman–Crippen MR) is 114 cm³/mol. The number of thioether (sulfide) groups is 2. The van der Waals surface area contributed by atoms with Crippen molar-refractivity contribution in [1.82, 2.24) is 9.80 Å². The Labute approximate surface area is 170 Å². The molecule has 7 heteroatoms. The number of hydrogen-bond donors (Lipinski definition) is 0. The van der Waals surface area contributed by atoms with Gasteiger partial charge in [0.05, 0.1) is 0 Å². The van der Waals surface area contributed by atoms with Gasteiger partial charge < -0.3 is 14.5 Å². The third-order valence-corrected chi connectivity index (χ3v) is 6.99. The molecule has 5 nitrogen and oxygen atoms in total. The molecule has 1 aliphatic heterocycles. The molecule has 2 atom stereocenters. The second-order valence-corrected chi connectivity index (χ2v) is 8.80. The molecule has 1 fully saturated rings. The van der Waals surface area contributed by atoms with Crippen molar-refractivity contribution in [3.63, 3.8) is 0 Å². The van der Waals surface area contributed by atoms with Crippen LogP contribution in [0.1, 0.15) is 19.4 Å². The predicted octanol–water partition coefficient (Wildman–Crippen LogP) is 3.25. The highest BCUT2D eigenvalue weighted by molar-refractivity contribution is 8.01. The van der Waals surface area contributed by atoms with Gasteiger partial charge in [-0.2, -0.15) is 0 Å². The molecule has 0 aromatic heterocycles. The fraction of sp³-hybridized carbons (Fsp3) is 0.500. The number of amides is 2. The number of hydrogen-bond acceptors (Lipinski definition) is 5. The Bertz CT molecular complexity index is 716. The van der Waals surface area contributed by atoms with E-state index < -0.39 is 10.2 Å². The van der Waals surface area contributed by atoms with Gasteiger partial charge in [0.1, 0.15) is 12.4 Å². The Morgan fingerprint density at radius 2 is 1.81 bits per heavy atom. The highest BCUT2D eigenvalue weighted by Crippen LogP contribution is 2.39. The lowest BCUT2D eigenvalue weighted by Gasteiger charge is -2.48. The number of ether oxygens (including phenoxy) is 1. The van der Waals surface area contributed by atoms with Crippen LogP contribution in [0.3, 0.4) is 0 Å².